The van der Waals surface area contributed by atoms with E-state index in [4.69, 9.17) is 0 Å². The van der Waals surface area contributed by atoms with Crippen LogP contribution in [-0.2, 0) is 4.79 Å². The standard InChI is InChI=1S/C23H41NO/c1-4-6-7-8-19-9-13-21(14-10-19)22-15-11-20(12-16-22)17-18-24(3)23(25)5-2/h5,19-22H,2,4,6-18H2,1,3H3. The molecule has 0 N–H and O–H groups in total. The highest BCUT2D eigenvalue weighted by molar-refractivity contribution is 5.86. The zero-order chi connectivity index (χ0) is 18.1. The fourth-order valence-corrected chi connectivity index (χ4v) is 5.22. The fraction of sp³-hybridized carbons (Fsp3) is 0.870. The molecule has 2 nitrogen and oxygen atoms in total. The molecular formula is C23H41NO. The highest BCUT2D eigenvalue weighted by atomic mass is 16.2. The van der Waals surface area contributed by atoms with E-state index in [-0.39, 0.29) is 5.91 Å². The van der Waals surface area contributed by atoms with Gasteiger partial charge in [-0.25, -0.2) is 0 Å². The van der Waals surface area contributed by atoms with Crippen LogP contribution >= 0.6 is 0 Å². The Morgan fingerprint density at radius 2 is 1.44 bits per heavy atom. The van der Waals surface area contributed by atoms with E-state index < -0.39 is 0 Å². The highest BCUT2D eigenvalue weighted by Gasteiger charge is 2.30. The first-order valence-corrected chi connectivity index (χ1v) is 11.0. The van der Waals surface area contributed by atoms with Crippen molar-refractivity contribution in [1.82, 2.24) is 4.90 Å². The Kier molecular flexibility index (Phi) is 9.06. The Morgan fingerprint density at radius 1 is 0.920 bits per heavy atom. The van der Waals surface area contributed by atoms with Gasteiger partial charge in [0, 0.05) is 13.6 Å². The number of amides is 1. The van der Waals surface area contributed by atoms with Crippen LogP contribution in [0.15, 0.2) is 12.7 Å². The normalized spacial score (nSPS) is 30.0. The minimum absolute atomic E-state index is 0.0596. The molecule has 2 heteroatoms. The fourth-order valence-electron chi connectivity index (χ4n) is 5.22. The van der Waals surface area contributed by atoms with Crippen LogP contribution in [0.25, 0.3) is 0 Å². The van der Waals surface area contributed by atoms with Gasteiger partial charge in [0.15, 0.2) is 0 Å². The minimum Gasteiger partial charge on any atom is -0.342 e. The summed E-state index contributed by atoms with van der Waals surface area (Å²) in [5.74, 6) is 3.96. The van der Waals surface area contributed by atoms with E-state index in [1.165, 1.54) is 89.5 Å². The number of carbonyl (C=O) groups is 1. The highest BCUT2D eigenvalue weighted by Crippen LogP contribution is 2.42. The van der Waals surface area contributed by atoms with Gasteiger partial charge in [-0.3, -0.25) is 4.79 Å². The number of rotatable bonds is 9. The maximum absolute atomic E-state index is 11.6. The average molecular weight is 348 g/mol. The summed E-state index contributed by atoms with van der Waals surface area (Å²) in [5, 5.41) is 0. The van der Waals surface area contributed by atoms with E-state index in [2.05, 4.69) is 13.5 Å². The van der Waals surface area contributed by atoms with Crippen molar-refractivity contribution in [3.63, 3.8) is 0 Å². The SMILES string of the molecule is C=CC(=O)N(C)CCC1CCC(C2CCC(CCCCC)CC2)CC1. The topological polar surface area (TPSA) is 20.3 Å². The predicted octanol–water partition coefficient (Wildman–Crippen LogP) is 6.21. The maximum atomic E-state index is 11.6. The zero-order valence-corrected chi connectivity index (χ0v) is 16.8. The second-order valence-electron chi connectivity index (χ2n) is 8.81. The van der Waals surface area contributed by atoms with E-state index in [0.29, 0.717) is 0 Å². The van der Waals surface area contributed by atoms with Crippen LogP contribution in [0.4, 0.5) is 0 Å². The summed E-state index contributed by atoms with van der Waals surface area (Å²) in [6.07, 6.45) is 20.0. The molecule has 0 atom stereocenters. The van der Waals surface area contributed by atoms with Crippen molar-refractivity contribution in [1.29, 1.82) is 0 Å². The van der Waals surface area contributed by atoms with Gasteiger partial charge in [0.25, 0.3) is 0 Å². The molecule has 2 rings (SSSR count). The predicted molar refractivity (Wildman–Crippen MR) is 107 cm³/mol. The molecule has 0 aromatic rings. The Balaban J connectivity index is 1.61. The Bertz CT molecular complexity index is 389. The molecule has 1 amide bonds. The van der Waals surface area contributed by atoms with E-state index in [0.717, 1.165) is 30.2 Å². The monoisotopic (exact) mass is 347 g/mol. The summed E-state index contributed by atoms with van der Waals surface area (Å²) in [4.78, 5) is 13.4. The van der Waals surface area contributed by atoms with E-state index >= 15 is 0 Å². The van der Waals surface area contributed by atoms with Gasteiger partial charge in [-0.15, -0.1) is 0 Å². The molecule has 25 heavy (non-hydrogen) atoms. The molecule has 0 radical (unpaired) electrons. The van der Waals surface area contributed by atoms with Gasteiger partial charge >= 0.3 is 0 Å². The summed E-state index contributed by atoms with van der Waals surface area (Å²) in [6.45, 7) is 6.77. The lowest BCUT2D eigenvalue weighted by Gasteiger charge is -2.38. The molecule has 0 aromatic carbocycles. The lowest BCUT2D eigenvalue weighted by Crippen LogP contribution is -2.29. The second-order valence-corrected chi connectivity index (χ2v) is 8.81. The van der Waals surface area contributed by atoms with Crippen molar-refractivity contribution in [2.75, 3.05) is 13.6 Å². The molecular weight excluding hydrogens is 306 g/mol. The Labute approximate surface area is 156 Å². The Hall–Kier alpha value is -0.790. The zero-order valence-electron chi connectivity index (χ0n) is 16.8. The molecule has 2 fully saturated rings. The molecule has 144 valence electrons. The van der Waals surface area contributed by atoms with Crippen molar-refractivity contribution >= 4 is 5.91 Å². The molecule has 2 aliphatic carbocycles. The summed E-state index contributed by atoms with van der Waals surface area (Å²) in [6, 6.07) is 0. The van der Waals surface area contributed by atoms with E-state index in [9.17, 15) is 4.79 Å². The van der Waals surface area contributed by atoms with Gasteiger partial charge in [-0.05, 0) is 61.9 Å². The third-order valence-electron chi connectivity index (χ3n) is 7.09. The maximum Gasteiger partial charge on any atom is 0.245 e. The summed E-state index contributed by atoms with van der Waals surface area (Å²) < 4.78 is 0. The lowest BCUT2D eigenvalue weighted by molar-refractivity contribution is -0.124. The first-order valence-electron chi connectivity index (χ1n) is 11.0. The summed E-state index contributed by atoms with van der Waals surface area (Å²) in [5.41, 5.74) is 0. The summed E-state index contributed by atoms with van der Waals surface area (Å²) >= 11 is 0. The second kappa shape index (κ2) is 11.0. The lowest BCUT2D eigenvalue weighted by atomic mass is 9.68. The van der Waals surface area contributed by atoms with Crippen LogP contribution in [-0.4, -0.2) is 24.4 Å². The number of hydrogen-bond donors (Lipinski definition) is 0. The largest absolute Gasteiger partial charge is 0.342 e. The van der Waals surface area contributed by atoms with Gasteiger partial charge in [0.2, 0.25) is 5.91 Å². The van der Waals surface area contributed by atoms with Crippen LogP contribution in [0.1, 0.15) is 90.4 Å². The van der Waals surface area contributed by atoms with Gasteiger partial charge < -0.3 is 4.90 Å². The molecule has 0 saturated heterocycles. The van der Waals surface area contributed by atoms with E-state index in [1.54, 1.807) is 0 Å². The quantitative estimate of drug-likeness (QED) is 0.358. The third kappa shape index (κ3) is 6.79. The number of likely N-dealkylation sites (N-methyl/N-ethyl adjacent to an activating group) is 1. The smallest absolute Gasteiger partial charge is 0.245 e. The molecule has 2 saturated carbocycles. The summed E-state index contributed by atoms with van der Waals surface area (Å²) in [7, 11) is 1.90. The van der Waals surface area contributed by atoms with Crippen LogP contribution in [0, 0.1) is 23.7 Å². The van der Waals surface area contributed by atoms with Gasteiger partial charge in [-0.2, -0.15) is 0 Å². The first kappa shape index (κ1) is 20.5. The van der Waals surface area contributed by atoms with Crippen LogP contribution in [0.3, 0.4) is 0 Å². The van der Waals surface area contributed by atoms with Crippen molar-refractivity contribution in [3.05, 3.63) is 12.7 Å². The number of nitrogens with zero attached hydrogens (tertiary/aromatic N) is 1. The van der Waals surface area contributed by atoms with Crippen LogP contribution in [0.5, 0.6) is 0 Å². The van der Waals surface area contributed by atoms with Gasteiger partial charge in [-0.1, -0.05) is 64.9 Å². The minimum atomic E-state index is 0.0596. The van der Waals surface area contributed by atoms with Crippen molar-refractivity contribution in [2.24, 2.45) is 23.7 Å². The van der Waals surface area contributed by atoms with Crippen molar-refractivity contribution in [3.8, 4) is 0 Å². The van der Waals surface area contributed by atoms with Gasteiger partial charge in [0.05, 0.1) is 0 Å². The Morgan fingerprint density at radius 3 is 1.92 bits per heavy atom. The molecule has 0 aliphatic heterocycles. The number of carbonyl (C=O) groups excluding carboxylic acids is 1. The number of unbranched alkanes of at least 4 members (excludes halogenated alkanes) is 2. The molecule has 0 unspecified atom stereocenters. The average Bonchev–Trinajstić information content (AvgIpc) is 2.66. The molecule has 0 aromatic heterocycles. The number of hydrogen-bond acceptors (Lipinski definition) is 1. The molecule has 0 spiro atoms. The first-order chi connectivity index (χ1) is 12.1. The third-order valence-corrected chi connectivity index (χ3v) is 7.09. The van der Waals surface area contributed by atoms with Crippen molar-refractivity contribution in [2.45, 2.75) is 90.4 Å². The van der Waals surface area contributed by atoms with E-state index in [1.807, 2.05) is 11.9 Å². The molecule has 0 bridgehead atoms. The van der Waals surface area contributed by atoms with Crippen molar-refractivity contribution < 1.29 is 4.79 Å². The van der Waals surface area contributed by atoms with Crippen LogP contribution in [0.2, 0.25) is 0 Å². The van der Waals surface area contributed by atoms with Crippen LogP contribution < -0.4 is 0 Å². The molecule has 2 aliphatic rings. The van der Waals surface area contributed by atoms with Gasteiger partial charge in [0.1, 0.15) is 0 Å². The molecule has 0 heterocycles.